The van der Waals surface area contributed by atoms with Gasteiger partial charge in [0.1, 0.15) is 30.5 Å². The number of pyridine rings is 2. The Hall–Kier alpha value is -3.49. The van der Waals surface area contributed by atoms with Gasteiger partial charge in [-0.2, -0.15) is 0 Å². The van der Waals surface area contributed by atoms with Crippen molar-refractivity contribution in [2.75, 3.05) is 37.0 Å². The Morgan fingerprint density at radius 2 is 2.03 bits per heavy atom. The van der Waals surface area contributed by atoms with Crippen molar-refractivity contribution >= 4 is 39.8 Å². The summed E-state index contributed by atoms with van der Waals surface area (Å²) >= 11 is 6.37. The van der Waals surface area contributed by atoms with E-state index in [9.17, 15) is 0 Å². The Balaban J connectivity index is 1.54. The highest BCUT2D eigenvalue weighted by molar-refractivity contribution is 6.32. The van der Waals surface area contributed by atoms with Crippen LogP contribution in [-0.2, 0) is 11.3 Å². The molecule has 1 N–H and O–H groups in total. The SMILES string of the molecule is CC(C)COCc1nc(Nc2ccc3c(c2)N(C)CCO3)c2ccc(-c3ncccc3Cl)nc2n1. The van der Waals surface area contributed by atoms with E-state index in [0.29, 0.717) is 59.4 Å². The molecule has 0 atom stereocenters. The molecule has 1 aliphatic heterocycles. The normalized spacial score (nSPS) is 13.1. The van der Waals surface area contributed by atoms with Gasteiger partial charge in [0.2, 0.25) is 0 Å². The summed E-state index contributed by atoms with van der Waals surface area (Å²) in [7, 11) is 2.06. The van der Waals surface area contributed by atoms with Gasteiger partial charge in [0.05, 0.1) is 28.3 Å². The molecule has 4 heterocycles. The third-order valence-corrected chi connectivity index (χ3v) is 5.91. The minimum atomic E-state index is 0.291. The predicted molar refractivity (Wildman–Crippen MR) is 139 cm³/mol. The van der Waals surface area contributed by atoms with Crippen LogP contribution in [0.25, 0.3) is 22.4 Å². The molecule has 1 aliphatic rings. The van der Waals surface area contributed by atoms with Gasteiger partial charge in [0, 0.05) is 25.5 Å². The first kappa shape index (κ1) is 23.3. The van der Waals surface area contributed by atoms with Crippen molar-refractivity contribution in [1.29, 1.82) is 0 Å². The number of hydrogen-bond donors (Lipinski definition) is 1. The molecular weight excluding hydrogens is 464 g/mol. The number of nitrogens with one attached hydrogen (secondary N) is 1. The van der Waals surface area contributed by atoms with Crippen molar-refractivity contribution in [3.05, 3.63) is 59.5 Å². The fourth-order valence-electron chi connectivity index (χ4n) is 3.87. The summed E-state index contributed by atoms with van der Waals surface area (Å²) in [6.07, 6.45) is 1.70. The molecule has 0 radical (unpaired) electrons. The lowest BCUT2D eigenvalue weighted by Crippen LogP contribution is -2.28. The van der Waals surface area contributed by atoms with Crippen molar-refractivity contribution in [2.24, 2.45) is 5.92 Å². The van der Waals surface area contributed by atoms with Crippen molar-refractivity contribution in [1.82, 2.24) is 19.9 Å². The number of hydrogen-bond acceptors (Lipinski definition) is 8. The quantitative estimate of drug-likeness (QED) is 0.364. The highest BCUT2D eigenvalue weighted by Crippen LogP contribution is 2.35. The van der Waals surface area contributed by atoms with Crippen LogP contribution in [0.2, 0.25) is 5.02 Å². The molecule has 0 amide bonds. The number of anilines is 3. The summed E-state index contributed by atoms with van der Waals surface area (Å²) in [5.74, 6) is 2.50. The molecule has 0 saturated heterocycles. The average Bonchev–Trinajstić information content (AvgIpc) is 2.84. The van der Waals surface area contributed by atoms with Crippen LogP contribution in [0, 0.1) is 5.92 Å². The fourth-order valence-corrected chi connectivity index (χ4v) is 4.09. The maximum absolute atomic E-state index is 6.37. The number of aromatic nitrogens is 4. The number of rotatable bonds is 7. The van der Waals surface area contributed by atoms with Crippen molar-refractivity contribution in [3.8, 4) is 17.1 Å². The standard InChI is InChI=1S/C26H27ClN6O2/c1-16(2)14-34-15-23-31-25(29-17-6-9-22-21(13-17)33(3)11-12-35-22)18-7-8-20(30-26(18)32-23)24-19(27)5-4-10-28-24/h4-10,13,16H,11-12,14-15H2,1-3H3,(H,29,30,31,32). The minimum absolute atomic E-state index is 0.291. The van der Waals surface area contributed by atoms with Crippen molar-refractivity contribution in [2.45, 2.75) is 20.5 Å². The Labute approximate surface area is 209 Å². The van der Waals surface area contributed by atoms with Crippen LogP contribution in [0.4, 0.5) is 17.2 Å². The van der Waals surface area contributed by atoms with Crippen LogP contribution < -0.4 is 15.0 Å². The number of halogens is 1. The second kappa shape index (κ2) is 10.0. The molecule has 0 bridgehead atoms. The van der Waals surface area contributed by atoms with Gasteiger partial charge in [-0.1, -0.05) is 25.4 Å². The Bertz CT molecular complexity index is 1360. The van der Waals surface area contributed by atoms with E-state index in [1.807, 2.05) is 24.3 Å². The summed E-state index contributed by atoms with van der Waals surface area (Å²) < 4.78 is 11.6. The maximum Gasteiger partial charge on any atom is 0.165 e. The number of nitrogens with zero attached hydrogens (tertiary/aromatic N) is 5. The van der Waals surface area contributed by atoms with Gasteiger partial charge in [-0.25, -0.2) is 15.0 Å². The predicted octanol–water partition coefficient (Wildman–Crippen LogP) is 5.49. The summed E-state index contributed by atoms with van der Waals surface area (Å²) in [6, 6.07) is 13.4. The van der Waals surface area contributed by atoms with Gasteiger partial charge >= 0.3 is 0 Å². The minimum Gasteiger partial charge on any atom is -0.490 e. The molecule has 4 aromatic rings. The van der Waals surface area contributed by atoms with Gasteiger partial charge in [-0.15, -0.1) is 0 Å². The molecule has 5 rings (SSSR count). The Kier molecular flexibility index (Phi) is 6.66. The van der Waals surface area contributed by atoms with E-state index >= 15 is 0 Å². The first-order chi connectivity index (χ1) is 17.0. The van der Waals surface area contributed by atoms with E-state index < -0.39 is 0 Å². The molecule has 0 aliphatic carbocycles. The first-order valence-electron chi connectivity index (χ1n) is 11.6. The zero-order valence-corrected chi connectivity index (χ0v) is 20.7. The summed E-state index contributed by atoms with van der Waals surface area (Å²) in [4.78, 5) is 20.8. The number of fused-ring (bicyclic) bond motifs is 2. The lowest BCUT2D eigenvalue weighted by Gasteiger charge is -2.28. The van der Waals surface area contributed by atoms with E-state index in [2.05, 4.69) is 47.1 Å². The molecule has 180 valence electrons. The third-order valence-electron chi connectivity index (χ3n) is 5.61. The second-order valence-electron chi connectivity index (χ2n) is 8.88. The highest BCUT2D eigenvalue weighted by atomic mass is 35.5. The summed E-state index contributed by atoms with van der Waals surface area (Å²) in [5, 5.41) is 4.78. The van der Waals surface area contributed by atoms with Crippen LogP contribution in [-0.4, -0.2) is 46.7 Å². The Morgan fingerprint density at radius 1 is 1.14 bits per heavy atom. The van der Waals surface area contributed by atoms with E-state index in [-0.39, 0.29) is 0 Å². The molecule has 9 heteroatoms. The first-order valence-corrected chi connectivity index (χ1v) is 12.0. The Morgan fingerprint density at radius 3 is 2.86 bits per heavy atom. The van der Waals surface area contributed by atoms with E-state index in [0.717, 1.165) is 29.1 Å². The van der Waals surface area contributed by atoms with Gasteiger partial charge < -0.3 is 19.7 Å². The molecule has 0 fully saturated rings. The summed E-state index contributed by atoms with van der Waals surface area (Å²) in [5.41, 5.74) is 3.73. The largest absolute Gasteiger partial charge is 0.490 e. The summed E-state index contributed by atoms with van der Waals surface area (Å²) in [6.45, 7) is 6.65. The molecule has 35 heavy (non-hydrogen) atoms. The maximum atomic E-state index is 6.37. The highest BCUT2D eigenvalue weighted by Gasteiger charge is 2.17. The second-order valence-corrected chi connectivity index (χ2v) is 9.28. The lowest BCUT2D eigenvalue weighted by molar-refractivity contribution is 0.0925. The van der Waals surface area contributed by atoms with Crippen LogP contribution in [0.1, 0.15) is 19.7 Å². The molecule has 0 saturated carbocycles. The molecule has 3 aromatic heterocycles. The van der Waals surface area contributed by atoms with Crippen molar-refractivity contribution in [3.63, 3.8) is 0 Å². The van der Waals surface area contributed by atoms with E-state index in [4.69, 9.17) is 31.0 Å². The topological polar surface area (TPSA) is 85.3 Å². The average molecular weight is 491 g/mol. The van der Waals surface area contributed by atoms with Gasteiger partial charge in [-0.05, 0) is 48.4 Å². The molecule has 1 aromatic carbocycles. The molecule has 8 nitrogen and oxygen atoms in total. The van der Waals surface area contributed by atoms with Gasteiger partial charge in [0.25, 0.3) is 0 Å². The lowest BCUT2D eigenvalue weighted by atomic mass is 10.2. The number of ether oxygens (including phenoxy) is 2. The van der Waals surface area contributed by atoms with Crippen LogP contribution in [0.15, 0.2) is 48.7 Å². The van der Waals surface area contributed by atoms with Crippen LogP contribution in [0.5, 0.6) is 5.75 Å². The van der Waals surface area contributed by atoms with Crippen molar-refractivity contribution < 1.29 is 9.47 Å². The van der Waals surface area contributed by atoms with Crippen LogP contribution >= 0.6 is 11.6 Å². The monoisotopic (exact) mass is 490 g/mol. The van der Waals surface area contributed by atoms with Crippen LogP contribution in [0.3, 0.4) is 0 Å². The fraction of sp³-hybridized carbons (Fsp3) is 0.308. The smallest absolute Gasteiger partial charge is 0.165 e. The zero-order chi connectivity index (χ0) is 24.4. The van der Waals surface area contributed by atoms with Gasteiger partial charge in [0.15, 0.2) is 11.5 Å². The molecule has 0 unspecified atom stereocenters. The number of benzene rings is 1. The molecular formula is C26H27ClN6O2. The third kappa shape index (κ3) is 5.13. The van der Waals surface area contributed by atoms with Gasteiger partial charge in [-0.3, -0.25) is 4.98 Å². The zero-order valence-electron chi connectivity index (χ0n) is 20.0. The number of likely N-dealkylation sites (N-methyl/N-ethyl adjacent to an activating group) is 1. The molecule has 0 spiro atoms. The van der Waals surface area contributed by atoms with E-state index in [1.165, 1.54) is 0 Å². The van der Waals surface area contributed by atoms with E-state index in [1.54, 1.807) is 18.3 Å².